The molecule has 1 fully saturated rings. The van der Waals surface area contributed by atoms with Crippen LogP contribution >= 0.6 is 0 Å². The summed E-state index contributed by atoms with van der Waals surface area (Å²) in [5.41, 5.74) is 3.67. The zero-order valence-electron chi connectivity index (χ0n) is 16.7. The zero-order chi connectivity index (χ0) is 21.3. The third kappa shape index (κ3) is 4.22. The fraction of sp³-hybridized carbons (Fsp3) is 0.455. The van der Waals surface area contributed by atoms with Gasteiger partial charge in [0.15, 0.2) is 0 Å². The zero-order valence-corrected chi connectivity index (χ0v) is 16.7. The number of halogens is 3. The highest BCUT2D eigenvalue weighted by Crippen LogP contribution is 2.45. The number of aromatic nitrogens is 2. The van der Waals surface area contributed by atoms with Crippen LogP contribution in [0.4, 0.5) is 18.9 Å². The van der Waals surface area contributed by atoms with Crippen LogP contribution in [0.1, 0.15) is 48.4 Å². The molecule has 1 saturated carbocycles. The van der Waals surface area contributed by atoms with E-state index in [1.54, 1.807) is 18.6 Å². The number of alkyl halides is 3. The summed E-state index contributed by atoms with van der Waals surface area (Å²) in [6.07, 6.45) is 3.49. The van der Waals surface area contributed by atoms with Crippen molar-refractivity contribution in [1.82, 2.24) is 14.9 Å². The summed E-state index contributed by atoms with van der Waals surface area (Å²) in [5.74, 6) is -1.41. The first-order valence-electron chi connectivity index (χ1n) is 10.2. The van der Waals surface area contributed by atoms with Crippen molar-refractivity contribution in [3.8, 4) is 0 Å². The Labute approximate surface area is 173 Å². The first-order valence-corrected chi connectivity index (χ1v) is 10.2. The minimum Gasteiger partial charge on any atom is -0.361 e. The predicted molar refractivity (Wildman–Crippen MR) is 108 cm³/mol. The topological polar surface area (TPSA) is 52.2 Å². The Kier molecular flexibility index (Phi) is 5.58. The highest BCUT2D eigenvalue weighted by Gasteiger charge is 2.45. The molecule has 2 heterocycles. The van der Waals surface area contributed by atoms with Gasteiger partial charge in [-0.05, 0) is 48.8 Å². The molecule has 2 aliphatic rings. The predicted octanol–water partition coefficient (Wildman–Crippen LogP) is 4.53. The molecule has 0 spiro atoms. The third-order valence-corrected chi connectivity index (χ3v) is 5.86. The molecule has 5 nitrogen and oxygen atoms in total. The summed E-state index contributed by atoms with van der Waals surface area (Å²) in [6, 6.07) is 5.65. The number of aromatic amines is 1. The molecule has 1 aromatic carbocycles. The maximum atomic E-state index is 13.4. The molecule has 1 aliphatic carbocycles. The van der Waals surface area contributed by atoms with Crippen molar-refractivity contribution in [2.75, 3.05) is 11.4 Å². The van der Waals surface area contributed by atoms with Gasteiger partial charge in [0.05, 0.1) is 18.6 Å². The number of hydrogen-bond acceptors (Lipinski definition) is 3. The number of carbonyl (C=O) groups excluding carboxylic acids is 1. The Balaban J connectivity index is 1.79. The van der Waals surface area contributed by atoms with Gasteiger partial charge in [0.1, 0.15) is 0 Å². The van der Waals surface area contributed by atoms with E-state index in [4.69, 9.17) is 0 Å². The molecule has 1 aromatic heterocycles. The number of fused-ring (bicyclic) bond motifs is 1. The van der Waals surface area contributed by atoms with E-state index in [1.165, 1.54) is 0 Å². The normalized spacial score (nSPS) is 19.4. The van der Waals surface area contributed by atoms with Crippen molar-refractivity contribution in [3.63, 3.8) is 0 Å². The summed E-state index contributed by atoms with van der Waals surface area (Å²) in [7, 11) is 0. The van der Waals surface area contributed by atoms with Gasteiger partial charge in [-0.1, -0.05) is 18.2 Å². The fourth-order valence-electron chi connectivity index (χ4n) is 4.28. The lowest BCUT2D eigenvalue weighted by Crippen LogP contribution is -2.47. The Morgan fingerprint density at radius 3 is 2.77 bits per heavy atom. The molecule has 160 valence electrons. The van der Waals surface area contributed by atoms with Crippen molar-refractivity contribution < 1.29 is 18.0 Å². The van der Waals surface area contributed by atoms with E-state index in [-0.39, 0.29) is 19.1 Å². The van der Waals surface area contributed by atoms with Gasteiger partial charge in [0, 0.05) is 31.0 Å². The van der Waals surface area contributed by atoms with Crippen molar-refractivity contribution in [1.29, 1.82) is 0 Å². The molecule has 0 radical (unpaired) electrons. The molecule has 0 bridgehead atoms. The lowest BCUT2D eigenvalue weighted by Gasteiger charge is -2.34. The summed E-state index contributed by atoms with van der Waals surface area (Å²) in [4.78, 5) is 22.5. The van der Waals surface area contributed by atoms with Crippen LogP contribution in [-0.4, -0.2) is 39.5 Å². The number of hydrogen-bond donors (Lipinski definition) is 1. The Hall–Kier alpha value is -2.77. The van der Waals surface area contributed by atoms with Gasteiger partial charge in [-0.25, -0.2) is 4.98 Å². The van der Waals surface area contributed by atoms with E-state index in [0.717, 1.165) is 40.2 Å². The smallest absolute Gasteiger partial charge is 0.361 e. The molecule has 0 saturated heterocycles. The second-order valence-electron chi connectivity index (χ2n) is 8.03. The summed E-state index contributed by atoms with van der Waals surface area (Å²) in [6.45, 7) is 4.23. The molecule has 30 heavy (non-hydrogen) atoms. The van der Waals surface area contributed by atoms with Gasteiger partial charge >= 0.3 is 12.1 Å². The fourth-order valence-corrected chi connectivity index (χ4v) is 4.28. The molecule has 4 rings (SSSR count). The maximum absolute atomic E-state index is 13.4. The van der Waals surface area contributed by atoms with Crippen LogP contribution in [0.2, 0.25) is 0 Å². The number of carbonyl (C=O) groups is 1. The Morgan fingerprint density at radius 1 is 1.33 bits per heavy atom. The monoisotopic (exact) mass is 418 g/mol. The van der Waals surface area contributed by atoms with E-state index in [0.29, 0.717) is 25.3 Å². The SMILES string of the molecule is C=CCCC1CN(C(=O)C(F)(F)F)Cc2c(C3CC3)cccc2N1Cc1cnc[nH]1. The number of H-pyrrole nitrogens is 1. The second kappa shape index (κ2) is 8.16. The summed E-state index contributed by atoms with van der Waals surface area (Å²) >= 11 is 0. The van der Waals surface area contributed by atoms with Gasteiger partial charge in [-0.2, -0.15) is 13.2 Å². The van der Waals surface area contributed by atoms with E-state index in [9.17, 15) is 18.0 Å². The molecule has 1 aliphatic heterocycles. The molecule has 1 atom stereocenters. The van der Waals surface area contributed by atoms with Crippen LogP contribution in [0, 0.1) is 0 Å². The quantitative estimate of drug-likeness (QED) is 0.701. The van der Waals surface area contributed by atoms with Gasteiger partial charge in [0.2, 0.25) is 0 Å². The Morgan fingerprint density at radius 2 is 2.13 bits per heavy atom. The van der Waals surface area contributed by atoms with E-state index in [1.807, 2.05) is 18.2 Å². The molecule has 1 amide bonds. The van der Waals surface area contributed by atoms with Crippen LogP contribution in [-0.2, 0) is 17.9 Å². The average molecular weight is 418 g/mol. The van der Waals surface area contributed by atoms with Crippen LogP contribution in [0.5, 0.6) is 0 Å². The minimum absolute atomic E-state index is 0.0130. The standard InChI is InChI=1S/C22H25F3N4O/c1-2-3-5-17-12-28(21(30)22(23,24)25)13-19-18(15-8-9-15)6-4-7-20(19)29(17)11-16-10-26-14-27-16/h2,4,6-7,10,14-15,17H,1,3,5,8-9,11-13H2,(H,26,27). The lowest BCUT2D eigenvalue weighted by atomic mass is 9.99. The van der Waals surface area contributed by atoms with Crippen molar-refractivity contribution in [3.05, 3.63) is 60.2 Å². The van der Waals surface area contributed by atoms with Gasteiger partial charge < -0.3 is 14.8 Å². The van der Waals surface area contributed by atoms with Crippen molar-refractivity contribution >= 4 is 11.6 Å². The van der Waals surface area contributed by atoms with Crippen molar-refractivity contribution in [2.24, 2.45) is 0 Å². The Bertz CT molecular complexity index is 906. The molecular weight excluding hydrogens is 393 g/mol. The van der Waals surface area contributed by atoms with Crippen LogP contribution in [0.3, 0.4) is 0 Å². The third-order valence-electron chi connectivity index (χ3n) is 5.86. The maximum Gasteiger partial charge on any atom is 0.471 e. The highest BCUT2D eigenvalue weighted by atomic mass is 19.4. The number of nitrogens with zero attached hydrogens (tertiary/aromatic N) is 3. The summed E-state index contributed by atoms with van der Waals surface area (Å²) < 4.78 is 40.1. The number of benzene rings is 1. The summed E-state index contributed by atoms with van der Waals surface area (Å²) in [5, 5.41) is 0. The molecule has 2 aromatic rings. The number of allylic oxidation sites excluding steroid dienone is 1. The van der Waals surface area contributed by atoms with Crippen LogP contribution < -0.4 is 4.90 Å². The number of anilines is 1. The number of imidazole rings is 1. The molecular formula is C22H25F3N4O. The first kappa shape index (κ1) is 20.5. The van der Waals surface area contributed by atoms with Gasteiger partial charge in [-0.15, -0.1) is 6.58 Å². The van der Waals surface area contributed by atoms with Crippen LogP contribution in [0.15, 0.2) is 43.4 Å². The first-order chi connectivity index (χ1) is 14.4. The largest absolute Gasteiger partial charge is 0.471 e. The number of rotatable bonds is 6. The highest BCUT2D eigenvalue weighted by molar-refractivity contribution is 5.82. The number of nitrogens with one attached hydrogen (secondary N) is 1. The average Bonchev–Trinajstić information content (AvgIpc) is 3.45. The lowest BCUT2D eigenvalue weighted by molar-refractivity contribution is -0.186. The number of amides is 1. The van der Waals surface area contributed by atoms with Crippen molar-refractivity contribution in [2.45, 2.75) is 56.9 Å². The van der Waals surface area contributed by atoms with Crippen LogP contribution in [0.25, 0.3) is 0 Å². The van der Waals surface area contributed by atoms with E-state index >= 15 is 0 Å². The van der Waals surface area contributed by atoms with E-state index < -0.39 is 12.1 Å². The second-order valence-corrected chi connectivity index (χ2v) is 8.03. The van der Waals surface area contributed by atoms with Gasteiger partial charge in [0.25, 0.3) is 0 Å². The van der Waals surface area contributed by atoms with E-state index in [2.05, 4.69) is 21.4 Å². The minimum atomic E-state index is -4.89. The molecule has 1 unspecified atom stereocenters. The molecule has 1 N–H and O–H groups in total. The van der Waals surface area contributed by atoms with Gasteiger partial charge in [-0.3, -0.25) is 4.79 Å². The molecule has 8 heteroatoms.